The molecule has 1 rings (SSSR count). The van der Waals surface area contributed by atoms with Gasteiger partial charge in [0.1, 0.15) is 5.75 Å². The van der Waals surface area contributed by atoms with E-state index in [1.165, 1.54) is 0 Å². The molecule has 0 saturated carbocycles. The Kier molecular flexibility index (Phi) is 7.23. The Hall–Kier alpha value is -2.10. The number of methoxy groups -OCH3 is 2. The molecule has 0 bridgehead atoms. The first-order valence-electron chi connectivity index (χ1n) is 6.69. The maximum atomic E-state index is 11.8. The molecule has 0 aliphatic carbocycles. The molecule has 2 N–H and O–H groups in total. The van der Waals surface area contributed by atoms with Crippen molar-refractivity contribution in [2.24, 2.45) is 0 Å². The second kappa shape index (κ2) is 8.95. The number of hydrogen-bond acceptors (Lipinski definition) is 5. The van der Waals surface area contributed by atoms with Crippen LogP contribution >= 0.6 is 0 Å². The van der Waals surface area contributed by atoms with Crippen molar-refractivity contribution < 1.29 is 14.3 Å². The molecule has 0 spiro atoms. The zero-order chi connectivity index (χ0) is 15.7. The molecule has 1 aromatic carbocycles. The lowest BCUT2D eigenvalue weighted by Gasteiger charge is -2.15. The first kappa shape index (κ1) is 17.0. The Morgan fingerprint density at radius 2 is 2.19 bits per heavy atom. The van der Waals surface area contributed by atoms with Crippen molar-refractivity contribution in [3.05, 3.63) is 29.3 Å². The number of nitriles is 1. The summed E-state index contributed by atoms with van der Waals surface area (Å²) in [6, 6.07) is 6.94. The van der Waals surface area contributed by atoms with Gasteiger partial charge in [0.25, 0.3) is 0 Å². The lowest BCUT2D eigenvalue weighted by atomic mass is 10.1. The van der Waals surface area contributed by atoms with Gasteiger partial charge in [0.2, 0.25) is 5.91 Å². The molecule has 1 unspecified atom stereocenters. The highest BCUT2D eigenvalue weighted by Crippen LogP contribution is 2.19. The van der Waals surface area contributed by atoms with Gasteiger partial charge in [0, 0.05) is 25.8 Å². The summed E-state index contributed by atoms with van der Waals surface area (Å²) in [5.41, 5.74) is 1.40. The van der Waals surface area contributed by atoms with E-state index in [0.29, 0.717) is 31.0 Å². The average Bonchev–Trinajstić information content (AvgIpc) is 2.52. The third kappa shape index (κ3) is 5.42. The molecule has 0 aliphatic rings. The Bertz CT molecular complexity index is 511. The summed E-state index contributed by atoms with van der Waals surface area (Å²) in [5.74, 6) is 0.593. The first-order valence-corrected chi connectivity index (χ1v) is 6.69. The minimum absolute atomic E-state index is 0.0949. The Morgan fingerprint density at radius 1 is 1.43 bits per heavy atom. The summed E-state index contributed by atoms with van der Waals surface area (Å²) in [6.07, 6.45) is 0. The maximum absolute atomic E-state index is 11.8. The van der Waals surface area contributed by atoms with Crippen LogP contribution in [0.1, 0.15) is 18.1 Å². The zero-order valence-corrected chi connectivity index (χ0v) is 12.6. The fraction of sp³-hybridized carbons (Fsp3) is 0.467. The van der Waals surface area contributed by atoms with Crippen LogP contribution in [0.2, 0.25) is 0 Å². The normalized spacial score (nSPS) is 11.5. The number of ether oxygens (including phenoxy) is 2. The van der Waals surface area contributed by atoms with Crippen LogP contribution in [0.5, 0.6) is 5.75 Å². The van der Waals surface area contributed by atoms with Gasteiger partial charge in [0.15, 0.2) is 0 Å². The lowest BCUT2D eigenvalue weighted by molar-refractivity contribution is -0.122. The summed E-state index contributed by atoms with van der Waals surface area (Å²) in [4.78, 5) is 11.8. The van der Waals surface area contributed by atoms with E-state index >= 15 is 0 Å². The average molecular weight is 291 g/mol. The smallest absolute Gasteiger partial charge is 0.236 e. The minimum Gasteiger partial charge on any atom is -0.496 e. The SMILES string of the molecule is COCCNC(=O)C(C)NCc1cc(C#N)ccc1OC. The summed E-state index contributed by atoms with van der Waals surface area (Å²) in [6.45, 7) is 3.19. The van der Waals surface area contributed by atoms with Crippen molar-refractivity contribution in [2.75, 3.05) is 27.4 Å². The van der Waals surface area contributed by atoms with E-state index in [4.69, 9.17) is 14.7 Å². The largest absolute Gasteiger partial charge is 0.496 e. The minimum atomic E-state index is -0.350. The highest BCUT2D eigenvalue weighted by Gasteiger charge is 2.13. The number of amides is 1. The highest BCUT2D eigenvalue weighted by atomic mass is 16.5. The monoisotopic (exact) mass is 291 g/mol. The van der Waals surface area contributed by atoms with E-state index in [1.54, 1.807) is 39.3 Å². The molecule has 0 aromatic heterocycles. The van der Waals surface area contributed by atoms with Gasteiger partial charge < -0.3 is 20.1 Å². The lowest BCUT2D eigenvalue weighted by Crippen LogP contribution is -2.42. The van der Waals surface area contributed by atoms with Crippen molar-refractivity contribution in [1.29, 1.82) is 5.26 Å². The molecular weight excluding hydrogens is 270 g/mol. The predicted molar refractivity (Wildman–Crippen MR) is 78.9 cm³/mol. The number of nitrogens with zero attached hydrogens (tertiary/aromatic N) is 1. The van der Waals surface area contributed by atoms with Gasteiger partial charge in [-0.25, -0.2) is 0 Å². The van der Waals surface area contributed by atoms with Crippen LogP contribution in [0, 0.1) is 11.3 Å². The number of benzene rings is 1. The number of hydrogen-bond donors (Lipinski definition) is 2. The van der Waals surface area contributed by atoms with Gasteiger partial charge in [-0.15, -0.1) is 0 Å². The Labute approximate surface area is 125 Å². The van der Waals surface area contributed by atoms with Crippen molar-refractivity contribution >= 4 is 5.91 Å². The Morgan fingerprint density at radius 3 is 2.81 bits per heavy atom. The quantitative estimate of drug-likeness (QED) is 0.692. The number of carbonyl (C=O) groups excluding carboxylic acids is 1. The molecule has 1 atom stereocenters. The van der Waals surface area contributed by atoms with Crippen LogP contribution in [0.15, 0.2) is 18.2 Å². The van der Waals surface area contributed by atoms with E-state index in [0.717, 1.165) is 5.56 Å². The van der Waals surface area contributed by atoms with Crippen LogP contribution in [0.25, 0.3) is 0 Å². The first-order chi connectivity index (χ1) is 10.1. The summed E-state index contributed by atoms with van der Waals surface area (Å²) in [7, 11) is 3.16. The standard InChI is InChI=1S/C15H21N3O3/c1-11(15(19)17-6-7-20-2)18-10-13-8-12(9-16)4-5-14(13)21-3/h4-5,8,11,18H,6-7,10H2,1-3H3,(H,17,19). The third-order valence-electron chi connectivity index (χ3n) is 3.01. The molecule has 0 fully saturated rings. The zero-order valence-electron chi connectivity index (χ0n) is 12.6. The number of nitrogens with one attached hydrogen (secondary N) is 2. The van der Waals surface area contributed by atoms with Crippen LogP contribution in [-0.4, -0.2) is 39.3 Å². The van der Waals surface area contributed by atoms with Gasteiger partial charge in [-0.2, -0.15) is 5.26 Å². The molecule has 0 heterocycles. The molecule has 1 amide bonds. The Balaban J connectivity index is 2.58. The topological polar surface area (TPSA) is 83.4 Å². The molecule has 21 heavy (non-hydrogen) atoms. The van der Waals surface area contributed by atoms with Crippen LogP contribution in [-0.2, 0) is 16.1 Å². The molecule has 0 saturated heterocycles. The summed E-state index contributed by atoms with van der Waals surface area (Å²) in [5, 5.41) is 14.8. The van der Waals surface area contributed by atoms with E-state index in [1.807, 2.05) is 0 Å². The van der Waals surface area contributed by atoms with Gasteiger partial charge in [0.05, 0.1) is 31.4 Å². The molecule has 0 radical (unpaired) electrons. The number of carbonyl (C=O) groups is 1. The van der Waals surface area contributed by atoms with Gasteiger partial charge in [-0.3, -0.25) is 4.79 Å². The van der Waals surface area contributed by atoms with E-state index in [-0.39, 0.29) is 11.9 Å². The fourth-order valence-electron chi connectivity index (χ4n) is 1.77. The third-order valence-corrected chi connectivity index (χ3v) is 3.01. The van der Waals surface area contributed by atoms with Gasteiger partial charge in [-0.05, 0) is 25.1 Å². The highest BCUT2D eigenvalue weighted by molar-refractivity contribution is 5.81. The summed E-state index contributed by atoms with van der Waals surface area (Å²) >= 11 is 0. The second-order valence-electron chi connectivity index (χ2n) is 4.52. The predicted octanol–water partition coefficient (Wildman–Crippen LogP) is 0.808. The van der Waals surface area contributed by atoms with E-state index < -0.39 is 0 Å². The second-order valence-corrected chi connectivity index (χ2v) is 4.52. The van der Waals surface area contributed by atoms with Crippen molar-refractivity contribution in [2.45, 2.75) is 19.5 Å². The maximum Gasteiger partial charge on any atom is 0.236 e. The molecule has 0 aliphatic heterocycles. The molecule has 1 aromatic rings. The van der Waals surface area contributed by atoms with Gasteiger partial charge in [-0.1, -0.05) is 0 Å². The van der Waals surface area contributed by atoms with Crippen LogP contribution in [0.3, 0.4) is 0 Å². The fourth-order valence-corrected chi connectivity index (χ4v) is 1.77. The van der Waals surface area contributed by atoms with Crippen molar-refractivity contribution in [3.8, 4) is 11.8 Å². The van der Waals surface area contributed by atoms with Crippen molar-refractivity contribution in [3.63, 3.8) is 0 Å². The molecule has 6 heteroatoms. The molecule has 114 valence electrons. The van der Waals surface area contributed by atoms with Crippen LogP contribution < -0.4 is 15.4 Å². The van der Waals surface area contributed by atoms with E-state index in [2.05, 4.69) is 16.7 Å². The van der Waals surface area contributed by atoms with Crippen molar-refractivity contribution in [1.82, 2.24) is 10.6 Å². The number of rotatable bonds is 8. The molecule has 6 nitrogen and oxygen atoms in total. The van der Waals surface area contributed by atoms with Gasteiger partial charge >= 0.3 is 0 Å². The summed E-state index contributed by atoms with van der Waals surface area (Å²) < 4.78 is 10.1. The van der Waals surface area contributed by atoms with Crippen LogP contribution in [0.4, 0.5) is 0 Å². The van der Waals surface area contributed by atoms with E-state index in [9.17, 15) is 4.79 Å². The molecular formula is C15H21N3O3.